The predicted molar refractivity (Wildman–Crippen MR) is 88.9 cm³/mol. The standard InChI is InChI=1S/C15H17BrN2O2S/c1-11-7-8-12(9-13(11)16)10-18-14-5-3-4-6-15(14)21(19,20)17-2/h3-9,17-18H,10H2,1-2H3. The van der Waals surface area contributed by atoms with E-state index in [0.717, 1.165) is 15.6 Å². The lowest BCUT2D eigenvalue weighted by atomic mass is 10.1. The van der Waals surface area contributed by atoms with Gasteiger partial charge in [-0.1, -0.05) is 40.2 Å². The highest BCUT2D eigenvalue weighted by Gasteiger charge is 2.15. The molecule has 0 aromatic heterocycles. The van der Waals surface area contributed by atoms with E-state index in [2.05, 4.69) is 26.0 Å². The van der Waals surface area contributed by atoms with Crippen LogP contribution < -0.4 is 10.0 Å². The first-order chi connectivity index (χ1) is 9.94. The second kappa shape index (κ2) is 6.60. The number of aryl methyl sites for hydroxylation is 1. The van der Waals surface area contributed by atoms with Crippen LogP contribution in [0.1, 0.15) is 11.1 Å². The van der Waals surface area contributed by atoms with Gasteiger partial charge in [0.2, 0.25) is 10.0 Å². The Morgan fingerprint density at radius 2 is 1.86 bits per heavy atom. The average Bonchev–Trinajstić information content (AvgIpc) is 2.49. The summed E-state index contributed by atoms with van der Waals surface area (Å²) in [6, 6.07) is 12.9. The maximum absolute atomic E-state index is 12.0. The van der Waals surface area contributed by atoms with E-state index < -0.39 is 10.0 Å². The number of hydrogen-bond acceptors (Lipinski definition) is 3. The highest BCUT2D eigenvalue weighted by atomic mass is 79.9. The molecular weight excluding hydrogens is 352 g/mol. The normalized spacial score (nSPS) is 11.4. The zero-order chi connectivity index (χ0) is 15.5. The molecule has 4 nitrogen and oxygen atoms in total. The van der Waals surface area contributed by atoms with Gasteiger partial charge in [-0.2, -0.15) is 0 Å². The second-order valence-corrected chi connectivity index (χ2v) is 7.35. The molecule has 0 amide bonds. The highest BCUT2D eigenvalue weighted by Crippen LogP contribution is 2.22. The molecule has 0 spiro atoms. The molecule has 2 N–H and O–H groups in total. The third-order valence-corrected chi connectivity index (χ3v) is 5.49. The largest absolute Gasteiger partial charge is 0.380 e. The van der Waals surface area contributed by atoms with Crippen LogP contribution in [0.2, 0.25) is 0 Å². The second-order valence-electron chi connectivity index (χ2n) is 4.64. The highest BCUT2D eigenvalue weighted by molar-refractivity contribution is 9.10. The molecule has 21 heavy (non-hydrogen) atoms. The van der Waals surface area contributed by atoms with Crippen molar-refractivity contribution in [1.29, 1.82) is 0 Å². The molecule has 0 heterocycles. The van der Waals surface area contributed by atoms with Crippen LogP contribution in [0, 0.1) is 6.92 Å². The number of halogens is 1. The van der Waals surface area contributed by atoms with Crippen molar-refractivity contribution in [2.24, 2.45) is 0 Å². The number of hydrogen-bond donors (Lipinski definition) is 2. The van der Waals surface area contributed by atoms with Gasteiger partial charge in [0.05, 0.1) is 5.69 Å². The molecule has 0 aliphatic carbocycles. The van der Waals surface area contributed by atoms with Gasteiger partial charge in [-0.3, -0.25) is 0 Å². The first kappa shape index (κ1) is 16.0. The summed E-state index contributed by atoms with van der Waals surface area (Å²) >= 11 is 3.50. The Balaban J connectivity index is 2.23. The Morgan fingerprint density at radius 3 is 2.52 bits per heavy atom. The Labute approximate surface area is 133 Å². The molecule has 2 aromatic rings. The topological polar surface area (TPSA) is 58.2 Å². The molecular formula is C15H17BrN2O2S. The fourth-order valence-corrected chi connectivity index (χ4v) is 3.23. The third-order valence-electron chi connectivity index (χ3n) is 3.16. The van der Waals surface area contributed by atoms with Crippen LogP contribution in [-0.2, 0) is 16.6 Å². The Bertz CT molecular complexity index is 745. The lowest BCUT2D eigenvalue weighted by Crippen LogP contribution is -2.20. The van der Waals surface area contributed by atoms with E-state index in [9.17, 15) is 8.42 Å². The van der Waals surface area contributed by atoms with Crippen LogP contribution in [0.25, 0.3) is 0 Å². The fourth-order valence-electron chi connectivity index (χ4n) is 1.90. The van der Waals surface area contributed by atoms with E-state index in [1.807, 2.05) is 31.2 Å². The number of rotatable bonds is 5. The van der Waals surface area contributed by atoms with Crippen LogP contribution in [0.3, 0.4) is 0 Å². The molecule has 0 atom stereocenters. The van der Waals surface area contributed by atoms with Gasteiger partial charge in [-0.05, 0) is 43.3 Å². The van der Waals surface area contributed by atoms with Gasteiger partial charge < -0.3 is 5.32 Å². The number of sulfonamides is 1. The summed E-state index contributed by atoms with van der Waals surface area (Å²) in [5.74, 6) is 0. The quantitative estimate of drug-likeness (QED) is 0.851. The van der Waals surface area contributed by atoms with Gasteiger partial charge >= 0.3 is 0 Å². The molecule has 0 aliphatic rings. The summed E-state index contributed by atoms with van der Waals surface area (Å²) in [5, 5.41) is 3.18. The lowest BCUT2D eigenvalue weighted by Gasteiger charge is -2.12. The number of nitrogens with one attached hydrogen (secondary N) is 2. The maximum Gasteiger partial charge on any atom is 0.242 e. The predicted octanol–water partition coefficient (Wildman–Crippen LogP) is 3.28. The van der Waals surface area contributed by atoms with Gasteiger partial charge in [-0.25, -0.2) is 13.1 Å². The minimum atomic E-state index is -3.47. The Kier molecular flexibility index (Phi) is 5.03. The average molecular weight is 369 g/mol. The maximum atomic E-state index is 12.0. The molecule has 0 fully saturated rings. The molecule has 112 valence electrons. The summed E-state index contributed by atoms with van der Waals surface area (Å²) in [6.45, 7) is 2.57. The van der Waals surface area contributed by atoms with Crippen molar-refractivity contribution in [3.8, 4) is 0 Å². The monoisotopic (exact) mass is 368 g/mol. The van der Waals surface area contributed by atoms with Crippen molar-refractivity contribution in [2.45, 2.75) is 18.4 Å². The number of anilines is 1. The molecule has 0 unspecified atom stereocenters. The Hall–Kier alpha value is -1.37. The van der Waals surface area contributed by atoms with E-state index in [-0.39, 0.29) is 4.90 Å². The van der Waals surface area contributed by atoms with Crippen LogP contribution in [0.15, 0.2) is 51.8 Å². The van der Waals surface area contributed by atoms with E-state index >= 15 is 0 Å². The molecule has 0 radical (unpaired) electrons. The van der Waals surface area contributed by atoms with E-state index in [1.165, 1.54) is 7.05 Å². The van der Waals surface area contributed by atoms with E-state index in [0.29, 0.717) is 12.2 Å². The van der Waals surface area contributed by atoms with Crippen LogP contribution in [0.4, 0.5) is 5.69 Å². The summed E-state index contributed by atoms with van der Waals surface area (Å²) in [5.41, 5.74) is 2.82. The summed E-state index contributed by atoms with van der Waals surface area (Å²) < 4.78 is 27.3. The Morgan fingerprint density at radius 1 is 1.14 bits per heavy atom. The van der Waals surface area contributed by atoms with Crippen molar-refractivity contribution in [3.05, 3.63) is 58.1 Å². The van der Waals surface area contributed by atoms with E-state index in [4.69, 9.17) is 0 Å². The van der Waals surface area contributed by atoms with Gasteiger partial charge in [0.25, 0.3) is 0 Å². The van der Waals surface area contributed by atoms with E-state index in [1.54, 1.807) is 18.2 Å². The molecule has 0 aliphatic heterocycles. The van der Waals surface area contributed by atoms with Gasteiger partial charge in [0.1, 0.15) is 4.90 Å². The van der Waals surface area contributed by atoms with Crippen molar-refractivity contribution >= 4 is 31.6 Å². The molecule has 6 heteroatoms. The van der Waals surface area contributed by atoms with Gasteiger partial charge in [0, 0.05) is 11.0 Å². The minimum Gasteiger partial charge on any atom is -0.380 e. The smallest absolute Gasteiger partial charge is 0.242 e. The third kappa shape index (κ3) is 3.84. The molecule has 2 aromatic carbocycles. The van der Waals surface area contributed by atoms with Crippen LogP contribution in [-0.4, -0.2) is 15.5 Å². The van der Waals surface area contributed by atoms with Gasteiger partial charge in [0.15, 0.2) is 0 Å². The zero-order valence-corrected chi connectivity index (χ0v) is 14.3. The van der Waals surface area contributed by atoms with Crippen molar-refractivity contribution < 1.29 is 8.42 Å². The summed E-state index contributed by atoms with van der Waals surface area (Å²) in [4.78, 5) is 0.249. The number of para-hydroxylation sites is 1. The fraction of sp³-hybridized carbons (Fsp3) is 0.200. The lowest BCUT2D eigenvalue weighted by molar-refractivity contribution is 0.588. The minimum absolute atomic E-state index is 0.249. The number of benzene rings is 2. The molecule has 0 saturated carbocycles. The first-order valence-corrected chi connectivity index (χ1v) is 8.73. The van der Waals surface area contributed by atoms with Crippen molar-refractivity contribution in [2.75, 3.05) is 12.4 Å². The zero-order valence-electron chi connectivity index (χ0n) is 11.9. The van der Waals surface area contributed by atoms with Crippen LogP contribution in [0.5, 0.6) is 0 Å². The molecule has 0 bridgehead atoms. The molecule has 2 rings (SSSR count). The summed E-state index contributed by atoms with van der Waals surface area (Å²) in [7, 11) is -2.06. The van der Waals surface area contributed by atoms with Crippen LogP contribution >= 0.6 is 15.9 Å². The summed E-state index contributed by atoms with van der Waals surface area (Å²) in [6.07, 6.45) is 0. The van der Waals surface area contributed by atoms with Gasteiger partial charge in [-0.15, -0.1) is 0 Å². The first-order valence-electron chi connectivity index (χ1n) is 6.45. The van der Waals surface area contributed by atoms with Crippen molar-refractivity contribution in [1.82, 2.24) is 4.72 Å². The SMILES string of the molecule is CNS(=O)(=O)c1ccccc1NCc1ccc(C)c(Br)c1. The van der Waals surface area contributed by atoms with Crippen molar-refractivity contribution in [3.63, 3.8) is 0 Å². The molecule has 0 saturated heterocycles.